The van der Waals surface area contributed by atoms with E-state index in [0.717, 1.165) is 37.5 Å². The molecule has 1 aliphatic heterocycles. The van der Waals surface area contributed by atoms with Gasteiger partial charge in [0.1, 0.15) is 12.4 Å². The smallest absolute Gasteiger partial charge is 0.119 e. The highest BCUT2D eigenvalue weighted by atomic mass is 35.5. The van der Waals surface area contributed by atoms with Gasteiger partial charge in [-0.2, -0.15) is 0 Å². The van der Waals surface area contributed by atoms with Gasteiger partial charge >= 0.3 is 0 Å². The van der Waals surface area contributed by atoms with Crippen molar-refractivity contribution >= 4 is 12.4 Å². The molecule has 27 heavy (non-hydrogen) atoms. The van der Waals surface area contributed by atoms with Gasteiger partial charge in [-0.15, -0.1) is 12.4 Å². The van der Waals surface area contributed by atoms with Crippen molar-refractivity contribution in [3.63, 3.8) is 0 Å². The summed E-state index contributed by atoms with van der Waals surface area (Å²) in [4.78, 5) is 2.48. The van der Waals surface area contributed by atoms with Gasteiger partial charge in [0, 0.05) is 44.2 Å². The zero-order chi connectivity index (χ0) is 18.4. The highest BCUT2D eigenvalue weighted by Gasteiger charge is 2.35. The molecule has 0 bridgehead atoms. The van der Waals surface area contributed by atoms with Crippen molar-refractivity contribution in [1.29, 1.82) is 0 Å². The Morgan fingerprint density at radius 3 is 2.26 bits per heavy atom. The summed E-state index contributed by atoms with van der Waals surface area (Å²) < 4.78 is 5.91. The SMILES string of the molecule is CC(C)(CO)[C@H](c1ccc(OCc2ccccc2)cc1)N1CCNCC1.Cl. The summed E-state index contributed by atoms with van der Waals surface area (Å²) in [5, 5.41) is 13.4. The van der Waals surface area contributed by atoms with E-state index in [1.165, 1.54) is 5.56 Å². The van der Waals surface area contributed by atoms with Gasteiger partial charge in [-0.05, 0) is 23.3 Å². The van der Waals surface area contributed by atoms with Crippen LogP contribution >= 0.6 is 12.4 Å². The first-order valence-electron chi connectivity index (χ1n) is 9.42. The monoisotopic (exact) mass is 390 g/mol. The first-order chi connectivity index (χ1) is 12.6. The molecule has 0 aromatic heterocycles. The van der Waals surface area contributed by atoms with E-state index >= 15 is 0 Å². The number of halogens is 1. The number of benzene rings is 2. The minimum absolute atomic E-state index is 0. The van der Waals surface area contributed by atoms with E-state index in [4.69, 9.17) is 4.74 Å². The van der Waals surface area contributed by atoms with Gasteiger partial charge in [0.15, 0.2) is 0 Å². The van der Waals surface area contributed by atoms with Crippen LogP contribution in [-0.4, -0.2) is 42.8 Å². The average Bonchev–Trinajstić information content (AvgIpc) is 2.69. The molecule has 0 unspecified atom stereocenters. The summed E-state index contributed by atoms with van der Waals surface area (Å²) >= 11 is 0. The molecule has 4 nitrogen and oxygen atoms in total. The van der Waals surface area contributed by atoms with E-state index in [1.54, 1.807) is 0 Å². The first-order valence-corrected chi connectivity index (χ1v) is 9.42. The van der Waals surface area contributed by atoms with Gasteiger partial charge in [-0.25, -0.2) is 0 Å². The Balaban J connectivity index is 0.00000261. The lowest BCUT2D eigenvalue weighted by molar-refractivity contribution is 0.0305. The molecule has 2 aromatic rings. The predicted octanol–water partition coefficient (Wildman–Crippen LogP) is 3.65. The molecule has 3 rings (SSSR count). The fourth-order valence-electron chi connectivity index (χ4n) is 3.67. The lowest BCUT2D eigenvalue weighted by atomic mass is 9.79. The predicted molar refractivity (Wildman–Crippen MR) is 113 cm³/mol. The number of piperazine rings is 1. The quantitative estimate of drug-likeness (QED) is 0.757. The first kappa shape index (κ1) is 21.7. The van der Waals surface area contributed by atoms with E-state index in [1.807, 2.05) is 30.3 Å². The van der Waals surface area contributed by atoms with Crippen LogP contribution in [0.25, 0.3) is 0 Å². The fourth-order valence-corrected chi connectivity index (χ4v) is 3.67. The van der Waals surface area contributed by atoms with Crippen LogP contribution in [0, 0.1) is 5.41 Å². The second-order valence-electron chi connectivity index (χ2n) is 7.68. The Bertz CT molecular complexity index is 670. The van der Waals surface area contributed by atoms with Crippen LogP contribution in [0.2, 0.25) is 0 Å². The number of ether oxygens (including phenoxy) is 1. The summed E-state index contributed by atoms with van der Waals surface area (Å²) in [7, 11) is 0. The molecule has 2 aromatic carbocycles. The van der Waals surface area contributed by atoms with Gasteiger partial charge in [-0.1, -0.05) is 56.3 Å². The Morgan fingerprint density at radius 2 is 1.67 bits per heavy atom. The third kappa shape index (κ3) is 5.69. The molecule has 0 amide bonds. The number of nitrogens with zero attached hydrogens (tertiary/aromatic N) is 1. The lowest BCUT2D eigenvalue weighted by Crippen LogP contribution is -2.49. The molecule has 1 heterocycles. The molecule has 0 spiro atoms. The average molecular weight is 391 g/mol. The largest absolute Gasteiger partial charge is 0.489 e. The van der Waals surface area contributed by atoms with Crippen molar-refractivity contribution in [3.05, 3.63) is 65.7 Å². The Hall–Kier alpha value is -1.59. The molecule has 1 atom stereocenters. The maximum Gasteiger partial charge on any atom is 0.119 e. The second kappa shape index (κ2) is 10.1. The molecule has 1 fully saturated rings. The summed E-state index contributed by atoms with van der Waals surface area (Å²) in [5.41, 5.74) is 2.19. The van der Waals surface area contributed by atoms with Crippen LogP contribution in [0.5, 0.6) is 5.75 Å². The van der Waals surface area contributed by atoms with Crippen LogP contribution in [-0.2, 0) is 6.61 Å². The van der Waals surface area contributed by atoms with Crippen LogP contribution in [0.1, 0.15) is 31.0 Å². The van der Waals surface area contributed by atoms with Crippen molar-refractivity contribution in [2.75, 3.05) is 32.8 Å². The minimum Gasteiger partial charge on any atom is -0.489 e. The van der Waals surface area contributed by atoms with E-state index in [2.05, 4.69) is 48.3 Å². The molecular formula is C22H31ClN2O2. The molecule has 5 heteroatoms. The zero-order valence-electron chi connectivity index (χ0n) is 16.2. The van der Waals surface area contributed by atoms with E-state index in [0.29, 0.717) is 6.61 Å². The molecule has 1 aliphatic rings. The molecule has 0 aliphatic carbocycles. The van der Waals surface area contributed by atoms with Crippen LogP contribution in [0.15, 0.2) is 54.6 Å². The maximum atomic E-state index is 9.95. The second-order valence-corrected chi connectivity index (χ2v) is 7.68. The van der Waals surface area contributed by atoms with Crippen LogP contribution in [0.3, 0.4) is 0 Å². The highest BCUT2D eigenvalue weighted by molar-refractivity contribution is 5.85. The van der Waals surface area contributed by atoms with Crippen molar-refractivity contribution < 1.29 is 9.84 Å². The van der Waals surface area contributed by atoms with Crippen LogP contribution in [0.4, 0.5) is 0 Å². The van der Waals surface area contributed by atoms with Gasteiger partial charge in [0.25, 0.3) is 0 Å². The van der Waals surface area contributed by atoms with Gasteiger partial charge in [0.05, 0.1) is 0 Å². The molecule has 2 N–H and O–H groups in total. The maximum absolute atomic E-state index is 9.95. The summed E-state index contributed by atoms with van der Waals surface area (Å²) in [6.07, 6.45) is 0. The Kier molecular flexibility index (Phi) is 8.11. The Labute approximate surface area is 169 Å². The van der Waals surface area contributed by atoms with E-state index in [-0.39, 0.29) is 30.5 Å². The minimum atomic E-state index is -0.205. The number of aliphatic hydroxyl groups excluding tert-OH is 1. The number of hydrogen-bond donors (Lipinski definition) is 2. The summed E-state index contributed by atoms with van der Waals surface area (Å²) in [6, 6.07) is 18.8. The Morgan fingerprint density at radius 1 is 1.04 bits per heavy atom. The lowest BCUT2D eigenvalue weighted by Gasteiger charge is -2.43. The van der Waals surface area contributed by atoms with Crippen molar-refractivity contribution in [2.24, 2.45) is 5.41 Å². The van der Waals surface area contributed by atoms with Crippen LogP contribution < -0.4 is 10.1 Å². The molecule has 148 valence electrons. The highest BCUT2D eigenvalue weighted by Crippen LogP contribution is 2.38. The third-order valence-electron chi connectivity index (χ3n) is 5.11. The fraction of sp³-hybridized carbons (Fsp3) is 0.455. The van der Waals surface area contributed by atoms with Gasteiger partial charge < -0.3 is 15.2 Å². The van der Waals surface area contributed by atoms with E-state index in [9.17, 15) is 5.11 Å². The van der Waals surface area contributed by atoms with Crippen molar-refractivity contribution in [3.8, 4) is 5.75 Å². The molecule has 1 saturated heterocycles. The van der Waals surface area contributed by atoms with Crippen molar-refractivity contribution in [1.82, 2.24) is 10.2 Å². The number of aliphatic hydroxyl groups is 1. The standard InChI is InChI=1S/C22H30N2O2.ClH/c1-22(2,17-25)21(24-14-12-23-13-15-24)19-8-10-20(11-9-19)26-16-18-6-4-3-5-7-18;/h3-11,21,23,25H,12-17H2,1-2H3;1H/t21-;/m0./s1. The summed E-state index contributed by atoms with van der Waals surface area (Å²) in [5.74, 6) is 0.874. The van der Waals surface area contributed by atoms with Crippen molar-refractivity contribution in [2.45, 2.75) is 26.5 Å². The number of rotatable bonds is 7. The normalized spacial score (nSPS) is 16.4. The third-order valence-corrected chi connectivity index (χ3v) is 5.11. The van der Waals surface area contributed by atoms with Gasteiger partial charge in [0.2, 0.25) is 0 Å². The summed E-state index contributed by atoms with van der Waals surface area (Å²) in [6.45, 7) is 9.00. The number of nitrogens with one attached hydrogen (secondary N) is 1. The topological polar surface area (TPSA) is 44.7 Å². The molecule has 0 saturated carbocycles. The van der Waals surface area contributed by atoms with E-state index < -0.39 is 0 Å². The van der Waals surface area contributed by atoms with Gasteiger partial charge in [-0.3, -0.25) is 4.90 Å². The molecule has 0 radical (unpaired) electrons. The number of hydrogen-bond acceptors (Lipinski definition) is 4. The zero-order valence-corrected chi connectivity index (χ0v) is 17.0. The molecular weight excluding hydrogens is 360 g/mol.